The van der Waals surface area contributed by atoms with Gasteiger partial charge in [0.2, 0.25) is 0 Å². The van der Waals surface area contributed by atoms with Crippen LogP contribution in [0.15, 0.2) is 24.3 Å². The van der Waals surface area contributed by atoms with Crippen molar-refractivity contribution in [2.45, 2.75) is 25.6 Å². The molecule has 15 heavy (non-hydrogen) atoms. The molecule has 1 fully saturated rings. The van der Waals surface area contributed by atoms with E-state index < -0.39 is 0 Å². The summed E-state index contributed by atoms with van der Waals surface area (Å²) in [6.07, 6.45) is 1.28. The fraction of sp³-hybridized carbons (Fsp3) is 0.417. The van der Waals surface area contributed by atoms with Gasteiger partial charge in [-0.25, -0.2) is 0 Å². The molecule has 1 saturated carbocycles. The quantitative estimate of drug-likeness (QED) is 0.755. The smallest absolute Gasteiger partial charge is 0.138 e. The second-order valence-electron chi connectivity index (χ2n) is 3.73. The maximum absolute atomic E-state index is 10.7. The van der Waals surface area contributed by atoms with Gasteiger partial charge in [-0.2, -0.15) is 0 Å². The highest BCUT2D eigenvalue weighted by Gasteiger charge is 2.26. The predicted octanol–water partition coefficient (Wildman–Crippen LogP) is 1.94. The number of rotatable bonds is 4. The van der Waals surface area contributed by atoms with Gasteiger partial charge < -0.3 is 9.47 Å². The third-order valence-electron chi connectivity index (χ3n) is 2.53. The monoisotopic (exact) mass is 206 g/mol. The van der Waals surface area contributed by atoms with Crippen molar-refractivity contribution in [3.63, 3.8) is 0 Å². The Bertz CT molecular complexity index is 352. The first-order valence-corrected chi connectivity index (χ1v) is 5.04. The molecular formula is C12H14O3. The van der Waals surface area contributed by atoms with E-state index >= 15 is 0 Å². The summed E-state index contributed by atoms with van der Waals surface area (Å²) in [6.45, 7) is 0.551. The third-order valence-corrected chi connectivity index (χ3v) is 2.53. The van der Waals surface area contributed by atoms with Crippen molar-refractivity contribution in [3.05, 3.63) is 29.8 Å². The predicted molar refractivity (Wildman–Crippen MR) is 55.8 cm³/mol. The first-order valence-electron chi connectivity index (χ1n) is 5.04. The summed E-state index contributed by atoms with van der Waals surface area (Å²) in [4.78, 5) is 10.7. The van der Waals surface area contributed by atoms with Crippen LogP contribution in [0.25, 0.3) is 0 Å². The van der Waals surface area contributed by atoms with E-state index in [0.717, 1.165) is 11.3 Å². The molecule has 1 aliphatic rings. The molecule has 0 aromatic heterocycles. The lowest BCUT2D eigenvalue weighted by molar-refractivity contribution is -0.135. The van der Waals surface area contributed by atoms with E-state index in [-0.39, 0.29) is 6.10 Å². The minimum absolute atomic E-state index is 0.128. The highest BCUT2D eigenvalue weighted by Crippen LogP contribution is 2.21. The molecule has 0 spiro atoms. The Kier molecular flexibility index (Phi) is 3.02. The Hall–Kier alpha value is -1.35. The van der Waals surface area contributed by atoms with Crippen LogP contribution in [0.4, 0.5) is 0 Å². The van der Waals surface area contributed by atoms with Gasteiger partial charge in [0.15, 0.2) is 0 Å². The Morgan fingerprint density at radius 1 is 1.40 bits per heavy atom. The summed E-state index contributed by atoms with van der Waals surface area (Å²) in [7, 11) is 1.64. The van der Waals surface area contributed by atoms with Crippen LogP contribution in [0.5, 0.6) is 5.75 Å². The van der Waals surface area contributed by atoms with Crippen LogP contribution in [-0.4, -0.2) is 19.0 Å². The van der Waals surface area contributed by atoms with E-state index in [1.165, 1.54) is 0 Å². The molecule has 0 radical (unpaired) electrons. The number of carbonyl (C=O) groups excluding carboxylic acids is 1. The maximum atomic E-state index is 10.7. The van der Waals surface area contributed by atoms with Gasteiger partial charge >= 0.3 is 0 Å². The van der Waals surface area contributed by atoms with Gasteiger partial charge in [0, 0.05) is 12.8 Å². The van der Waals surface area contributed by atoms with Crippen LogP contribution in [0.1, 0.15) is 18.4 Å². The number of methoxy groups -OCH3 is 1. The van der Waals surface area contributed by atoms with Crippen LogP contribution in [-0.2, 0) is 16.1 Å². The standard InChI is InChI=1S/C12H14O3/c1-14-11-4-2-3-9(5-11)8-15-12-6-10(13)7-12/h2-5,12H,6-8H2,1H3. The van der Waals surface area contributed by atoms with Gasteiger partial charge in [0.25, 0.3) is 0 Å². The first kappa shape index (κ1) is 10.2. The molecule has 3 heteroatoms. The Labute approximate surface area is 89.0 Å². The molecule has 80 valence electrons. The van der Waals surface area contributed by atoms with Crippen LogP contribution < -0.4 is 4.74 Å². The molecule has 1 aromatic rings. The van der Waals surface area contributed by atoms with Crippen molar-refractivity contribution in [2.75, 3.05) is 7.11 Å². The second-order valence-corrected chi connectivity index (χ2v) is 3.73. The molecule has 0 aliphatic heterocycles. The average Bonchev–Trinajstić information content (AvgIpc) is 2.23. The van der Waals surface area contributed by atoms with E-state index in [1.807, 2.05) is 24.3 Å². The van der Waals surface area contributed by atoms with Gasteiger partial charge in [0.1, 0.15) is 11.5 Å². The van der Waals surface area contributed by atoms with Gasteiger partial charge in [0.05, 0.1) is 19.8 Å². The zero-order valence-electron chi connectivity index (χ0n) is 8.73. The van der Waals surface area contributed by atoms with E-state index in [0.29, 0.717) is 25.2 Å². The van der Waals surface area contributed by atoms with Gasteiger partial charge in [-0.05, 0) is 17.7 Å². The van der Waals surface area contributed by atoms with Crippen molar-refractivity contribution < 1.29 is 14.3 Å². The fourth-order valence-corrected chi connectivity index (χ4v) is 1.54. The van der Waals surface area contributed by atoms with Gasteiger partial charge in [-0.15, -0.1) is 0 Å². The first-order chi connectivity index (χ1) is 7.28. The van der Waals surface area contributed by atoms with Crippen LogP contribution in [0, 0.1) is 0 Å². The highest BCUT2D eigenvalue weighted by atomic mass is 16.5. The number of Topliss-reactive ketones (excluding diaryl/α,β-unsaturated/α-hetero) is 1. The van der Waals surface area contributed by atoms with Crippen LogP contribution >= 0.6 is 0 Å². The lowest BCUT2D eigenvalue weighted by atomic mass is 9.94. The Morgan fingerprint density at radius 3 is 2.87 bits per heavy atom. The molecule has 0 amide bonds. The number of benzene rings is 1. The van der Waals surface area contributed by atoms with Crippen LogP contribution in [0.2, 0.25) is 0 Å². The minimum atomic E-state index is 0.128. The molecular weight excluding hydrogens is 192 g/mol. The molecule has 3 nitrogen and oxygen atoms in total. The molecule has 0 unspecified atom stereocenters. The zero-order valence-corrected chi connectivity index (χ0v) is 8.73. The summed E-state index contributed by atoms with van der Waals surface area (Å²) < 4.78 is 10.7. The number of carbonyl (C=O) groups is 1. The molecule has 0 N–H and O–H groups in total. The van der Waals surface area contributed by atoms with Crippen molar-refractivity contribution in [1.29, 1.82) is 0 Å². The Morgan fingerprint density at radius 2 is 2.20 bits per heavy atom. The molecule has 0 bridgehead atoms. The summed E-state index contributed by atoms with van der Waals surface area (Å²) in [5.41, 5.74) is 1.08. The van der Waals surface area contributed by atoms with E-state index in [1.54, 1.807) is 7.11 Å². The lowest BCUT2D eigenvalue weighted by Crippen LogP contribution is -2.31. The zero-order chi connectivity index (χ0) is 10.7. The number of ether oxygens (including phenoxy) is 2. The molecule has 0 saturated heterocycles. The normalized spacial score (nSPS) is 16.2. The molecule has 0 atom stereocenters. The Balaban J connectivity index is 1.85. The SMILES string of the molecule is COc1cccc(COC2CC(=O)C2)c1. The summed E-state index contributed by atoms with van der Waals surface area (Å²) in [5, 5.41) is 0. The number of hydrogen-bond acceptors (Lipinski definition) is 3. The van der Waals surface area contributed by atoms with E-state index in [4.69, 9.17) is 9.47 Å². The lowest BCUT2D eigenvalue weighted by Gasteiger charge is -2.24. The summed E-state index contributed by atoms with van der Waals surface area (Å²) in [5.74, 6) is 1.13. The number of ketones is 1. The molecule has 2 rings (SSSR count). The van der Waals surface area contributed by atoms with E-state index in [2.05, 4.69) is 0 Å². The van der Waals surface area contributed by atoms with Crippen LogP contribution in [0.3, 0.4) is 0 Å². The highest BCUT2D eigenvalue weighted by molar-refractivity contribution is 5.85. The van der Waals surface area contributed by atoms with Gasteiger partial charge in [-0.1, -0.05) is 12.1 Å². The largest absolute Gasteiger partial charge is 0.497 e. The molecule has 1 aromatic carbocycles. The number of hydrogen-bond donors (Lipinski definition) is 0. The molecule has 1 aliphatic carbocycles. The van der Waals surface area contributed by atoms with Crippen molar-refractivity contribution in [3.8, 4) is 5.75 Å². The fourth-order valence-electron chi connectivity index (χ4n) is 1.54. The molecule has 0 heterocycles. The second kappa shape index (κ2) is 4.45. The third kappa shape index (κ3) is 2.57. The topological polar surface area (TPSA) is 35.5 Å². The summed E-state index contributed by atoms with van der Waals surface area (Å²) in [6, 6.07) is 7.77. The summed E-state index contributed by atoms with van der Waals surface area (Å²) >= 11 is 0. The van der Waals surface area contributed by atoms with Gasteiger partial charge in [-0.3, -0.25) is 4.79 Å². The van der Waals surface area contributed by atoms with Crippen molar-refractivity contribution >= 4 is 5.78 Å². The van der Waals surface area contributed by atoms with E-state index in [9.17, 15) is 4.79 Å². The van der Waals surface area contributed by atoms with Crippen molar-refractivity contribution in [2.24, 2.45) is 0 Å². The maximum Gasteiger partial charge on any atom is 0.138 e. The average molecular weight is 206 g/mol. The minimum Gasteiger partial charge on any atom is -0.497 e. The van der Waals surface area contributed by atoms with Crippen molar-refractivity contribution in [1.82, 2.24) is 0 Å².